The van der Waals surface area contributed by atoms with Crippen LogP contribution in [0.15, 0.2) is 24.5 Å². The molecular formula is C18H30N2. The third-order valence-corrected chi connectivity index (χ3v) is 2.85. The molecule has 2 heterocycles. The largest absolute Gasteiger partial charge is 0.262 e. The molecule has 2 aromatic rings. The van der Waals surface area contributed by atoms with Gasteiger partial charge >= 0.3 is 0 Å². The maximum absolute atomic E-state index is 4.73. The molecule has 2 heteroatoms. The van der Waals surface area contributed by atoms with Gasteiger partial charge in [-0.2, -0.15) is 0 Å². The Hall–Kier alpha value is -1.44. The topological polar surface area (TPSA) is 25.8 Å². The molecule has 0 aromatic carbocycles. The highest BCUT2D eigenvalue weighted by molar-refractivity contribution is 5.78. The average Bonchev–Trinajstić information content (AvgIpc) is 2.49. The summed E-state index contributed by atoms with van der Waals surface area (Å²) in [7, 11) is 0. The molecule has 0 amide bonds. The molecule has 0 bridgehead atoms. The summed E-state index contributed by atoms with van der Waals surface area (Å²) in [6.07, 6.45) is 3.66. The smallest absolute Gasteiger partial charge is 0.0888 e. The maximum atomic E-state index is 4.73. The Morgan fingerprint density at radius 2 is 1.50 bits per heavy atom. The zero-order chi connectivity index (χ0) is 15.7. The van der Waals surface area contributed by atoms with Crippen LogP contribution in [0, 0.1) is 0 Å². The number of hydrogen-bond donors (Lipinski definition) is 0. The third-order valence-electron chi connectivity index (χ3n) is 2.85. The molecule has 112 valence electrons. The Bertz CT molecular complexity index is 455. The number of nitrogens with zero attached hydrogens (tertiary/aromatic N) is 2. The van der Waals surface area contributed by atoms with E-state index in [1.54, 1.807) is 0 Å². The molecule has 0 saturated carbocycles. The quantitative estimate of drug-likeness (QED) is 0.678. The molecular weight excluding hydrogens is 244 g/mol. The first-order valence-corrected chi connectivity index (χ1v) is 7.84. The predicted molar refractivity (Wildman–Crippen MR) is 90.4 cm³/mol. The lowest BCUT2D eigenvalue weighted by Crippen LogP contribution is -2.02. The Morgan fingerprint density at radius 3 is 2.00 bits per heavy atom. The van der Waals surface area contributed by atoms with Gasteiger partial charge in [-0.05, 0) is 29.5 Å². The SMILES string of the molecule is CC.CC.CC(C)c1cc2ccncc2nc1C(C)C. The molecule has 0 aliphatic carbocycles. The van der Waals surface area contributed by atoms with E-state index in [4.69, 9.17) is 4.98 Å². The lowest BCUT2D eigenvalue weighted by Gasteiger charge is -2.15. The highest BCUT2D eigenvalue weighted by Crippen LogP contribution is 2.27. The van der Waals surface area contributed by atoms with E-state index in [2.05, 4.69) is 38.7 Å². The van der Waals surface area contributed by atoms with Crippen LogP contribution in [0.5, 0.6) is 0 Å². The highest BCUT2D eigenvalue weighted by atomic mass is 14.7. The number of aromatic nitrogens is 2. The van der Waals surface area contributed by atoms with E-state index < -0.39 is 0 Å². The van der Waals surface area contributed by atoms with Gasteiger partial charge in [-0.15, -0.1) is 0 Å². The minimum atomic E-state index is 0.460. The van der Waals surface area contributed by atoms with Gasteiger partial charge in [0.1, 0.15) is 0 Å². The van der Waals surface area contributed by atoms with Crippen LogP contribution < -0.4 is 0 Å². The Kier molecular flexibility index (Phi) is 8.78. The fourth-order valence-corrected chi connectivity index (χ4v) is 1.97. The van der Waals surface area contributed by atoms with Crippen LogP contribution in [0.2, 0.25) is 0 Å². The van der Waals surface area contributed by atoms with Gasteiger partial charge in [0.2, 0.25) is 0 Å². The van der Waals surface area contributed by atoms with Crippen molar-refractivity contribution in [2.75, 3.05) is 0 Å². The van der Waals surface area contributed by atoms with E-state index in [0.717, 1.165) is 5.52 Å². The normalized spacial score (nSPS) is 9.90. The van der Waals surface area contributed by atoms with Gasteiger partial charge in [0, 0.05) is 17.3 Å². The van der Waals surface area contributed by atoms with Crippen molar-refractivity contribution in [3.63, 3.8) is 0 Å². The highest BCUT2D eigenvalue weighted by Gasteiger charge is 2.12. The van der Waals surface area contributed by atoms with Crippen molar-refractivity contribution >= 4 is 10.9 Å². The van der Waals surface area contributed by atoms with Crippen molar-refractivity contribution in [1.29, 1.82) is 0 Å². The molecule has 0 atom stereocenters. The molecule has 0 saturated heterocycles. The van der Waals surface area contributed by atoms with Gasteiger partial charge in [-0.25, -0.2) is 0 Å². The van der Waals surface area contributed by atoms with Crippen LogP contribution >= 0.6 is 0 Å². The Balaban J connectivity index is 0.000000829. The predicted octanol–water partition coefficient (Wildman–Crippen LogP) is 5.93. The van der Waals surface area contributed by atoms with Gasteiger partial charge in [0.25, 0.3) is 0 Å². The van der Waals surface area contributed by atoms with Crippen LogP contribution in [0.25, 0.3) is 10.9 Å². The summed E-state index contributed by atoms with van der Waals surface area (Å²) in [4.78, 5) is 8.86. The summed E-state index contributed by atoms with van der Waals surface area (Å²) in [6.45, 7) is 16.8. The van der Waals surface area contributed by atoms with E-state index >= 15 is 0 Å². The summed E-state index contributed by atoms with van der Waals surface area (Å²) in [6, 6.07) is 4.28. The first kappa shape index (κ1) is 18.6. The lowest BCUT2D eigenvalue weighted by atomic mass is 9.94. The molecule has 2 nitrogen and oxygen atoms in total. The van der Waals surface area contributed by atoms with Gasteiger partial charge in [-0.1, -0.05) is 55.4 Å². The summed E-state index contributed by atoms with van der Waals surface area (Å²) < 4.78 is 0. The van der Waals surface area contributed by atoms with E-state index in [1.165, 1.54) is 16.6 Å². The van der Waals surface area contributed by atoms with Crippen molar-refractivity contribution < 1.29 is 0 Å². The molecule has 0 aliphatic rings. The van der Waals surface area contributed by atoms with Gasteiger partial charge in [0.15, 0.2) is 0 Å². The van der Waals surface area contributed by atoms with Gasteiger partial charge in [-0.3, -0.25) is 9.97 Å². The van der Waals surface area contributed by atoms with E-state index in [9.17, 15) is 0 Å². The molecule has 2 rings (SSSR count). The van der Waals surface area contributed by atoms with E-state index in [-0.39, 0.29) is 0 Å². The monoisotopic (exact) mass is 274 g/mol. The van der Waals surface area contributed by atoms with Crippen molar-refractivity contribution in [2.24, 2.45) is 0 Å². The number of rotatable bonds is 2. The number of pyridine rings is 2. The Morgan fingerprint density at radius 1 is 0.900 bits per heavy atom. The molecule has 0 unspecified atom stereocenters. The third kappa shape index (κ3) is 4.59. The second kappa shape index (κ2) is 9.46. The van der Waals surface area contributed by atoms with Gasteiger partial charge < -0.3 is 0 Å². The summed E-state index contributed by atoms with van der Waals surface area (Å²) in [5, 5.41) is 1.18. The second-order valence-electron chi connectivity index (χ2n) is 4.84. The molecule has 0 aliphatic heterocycles. The maximum Gasteiger partial charge on any atom is 0.0888 e. The first-order chi connectivity index (χ1) is 9.59. The van der Waals surface area contributed by atoms with Crippen LogP contribution in [0.4, 0.5) is 0 Å². The lowest BCUT2D eigenvalue weighted by molar-refractivity contribution is 0.764. The first-order valence-electron chi connectivity index (χ1n) is 7.84. The van der Waals surface area contributed by atoms with E-state index in [1.807, 2.05) is 46.2 Å². The van der Waals surface area contributed by atoms with Crippen LogP contribution in [0.3, 0.4) is 0 Å². The summed E-state index contributed by atoms with van der Waals surface area (Å²) >= 11 is 0. The molecule has 20 heavy (non-hydrogen) atoms. The minimum Gasteiger partial charge on any atom is -0.262 e. The average molecular weight is 274 g/mol. The minimum absolute atomic E-state index is 0.460. The fourth-order valence-electron chi connectivity index (χ4n) is 1.97. The van der Waals surface area contributed by atoms with E-state index in [0.29, 0.717) is 11.8 Å². The van der Waals surface area contributed by atoms with Crippen molar-refractivity contribution in [2.45, 2.75) is 67.2 Å². The van der Waals surface area contributed by atoms with Crippen molar-refractivity contribution in [1.82, 2.24) is 9.97 Å². The summed E-state index contributed by atoms with van der Waals surface area (Å²) in [5.41, 5.74) is 3.56. The molecule has 0 radical (unpaired) electrons. The summed E-state index contributed by atoms with van der Waals surface area (Å²) in [5.74, 6) is 0.976. The molecule has 2 aromatic heterocycles. The van der Waals surface area contributed by atoms with Gasteiger partial charge in [0.05, 0.1) is 11.7 Å². The van der Waals surface area contributed by atoms with Crippen LogP contribution in [0.1, 0.15) is 78.5 Å². The standard InChI is InChI=1S/C14H18N2.2C2H6/c1-9(2)12-7-11-5-6-15-8-13(11)16-14(12)10(3)4;2*1-2/h5-10H,1-4H3;2*1-2H3. The van der Waals surface area contributed by atoms with Crippen molar-refractivity contribution in [3.8, 4) is 0 Å². The van der Waals surface area contributed by atoms with Crippen molar-refractivity contribution in [3.05, 3.63) is 35.8 Å². The number of fused-ring (bicyclic) bond motifs is 1. The number of hydrogen-bond acceptors (Lipinski definition) is 2. The van der Waals surface area contributed by atoms with Crippen LogP contribution in [-0.2, 0) is 0 Å². The Labute approximate surface area is 124 Å². The fraction of sp³-hybridized carbons (Fsp3) is 0.556. The second-order valence-corrected chi connectivity index (χ2v) is 4.84. The zero-order valence-corrected chi connectivity index (χ0v) is 14.4. The molecule has 0 N–H and O–H groups in total. The zero-order valence-electron chi connectivity index (χ0n) is 14.4. The molecule has 0 fully saturated rings. The molecule has 0 spiro atoms. The van der Waals surface area contributed by atoms with Crippen LogP contribution in [-0.4, -0.2) is 9.97 Å².